The average Bonchev–Trinajstić information content (AvgIpc) is 2.98. The van der Waals surface area contributed by atoms with Crippen LogP contribution in [0.5, 0.6) is 0 Å². The number of thioether (sulfide) groups is 1. The number of rotatable bonds is 5. The summed E-state index contributed by atoms with van der Waals surface area (Å²) in [7, 11) is -3.48. The highest BCUT2D eigenvalue weighted by molar-refractivity contribution is 7.99. The van der Waals surface area contributed by atoms with Crippen molar-refractivity contribution in [3.63, 3.8) is 0 Å². The molecule has 0 aliphatic carbocycles. The molecule has 156 valence electrons. The highest BCUT2D eigenvalue weighted by Gasteiger charge is 2.33. The van der Waals surface area contributed by atoms with E-state index in [-0.39, 0.29) is 19.0 Å². The van der Waals surface area contributed by atoms with Gasteiger partial charge in [0.2, 0.25) is 0 Å². The smallest absolute Gasteiger partial charge is 0.288 e. The van der Waals surface area contributed by atoms with Crippen molar-refractivity contribution in [3.8, 4) is 0 Å². The third-order valence-electron chi connectivity index (χ3n) is 5.07. The number of carbonyl (C=O) groups excluding carboxylic acids is 1. The van der Waals surface area contributed by atoms with Gasteiger partial charge in [0.25, 0.3) is 21.9 Å². The van der Waals surface area contributed by atoms with Crippen LogP contribution in [0.25, 0.3) is 0 Å². The Hall–Kier alpha value is -1.23. The summed E-state index contributed by atoms with van der Waals surface area (Å²) in [6.45, 7) is 2.29. The van der Waals surface area contributed by atoms with Gasteiger partial charge in [-0.05, 0) is 37.1 Å². The number of nitrogens with zero attached hydrogens (tertiary/aromatic N) is 3. The highest BCUT2D eigenvalue weighted by Crippen LogP contribution is 2.25. The molecule has 0 aromatic heterocycles. The molecule has 0 N–H and O–H groups in total. The normalized spacial score (nSPS) is 20.3. The van der Waals surface area contributed by atoms with Crippen LogP contribution in [0.1, 0.15) is 36.0 Å². The lowest BCUT2D eigenvalue weighted by Crippen LogP contribution is -2.54. The van der Waals surface area contributed by atoms with Gasteiger partial charge in [-0.3, -0.25) is 4.79 Å². The second-order valence-corrected chi connectivity index (χ2v) is 9.91. The van der Waals surface area contributed by atoms with E-state index in [2.05, 4.69) is 0 Å². The topological polar surface area (TPSA) is 60.9 Å². The lowest BCUT2D eigenvalue weighted by molar-refractivity contribution is 0.0694. The van der Waals surface area contributed by atoms with Crippen molar-refractivity contribution in [2.45, 2.75) is 36.3 Å². The Morgan fingerprint density at radius 2 is 1.39 bits per heavy atom. The molecule has 3 rings (SSSR count). The van der Waals surface area contributed by atoms with Crippen LogP contribution in [0.4, 0.5) is 8.78 Å². The molecular weight excluding hydrogens is 408 g/mol. The Bertz CT molecular complexity index is 759. The molecule has 10 heteroatoms. The Morgan fingerprint density at radius 3 is 1.93 bits per heavy atom. The number of piperazine rings is 1. The van der Waals surface area contributed by atoms with Crippen LogP contribution < -0.4 is 0 Å². The second-order valence-electron chi connectivity index (χ2n) is 6.92. The first-order valence-corrected chi connectivity index (χ1v) is 11.7. The quantitative estimate of drug-likeness (QED) is 0.670. The minimum absolute atomic E-state index is 0.208. The summed E-state index contributed by atoms with van der Waals surface area (Å²) in [5.41, 5.74) is 0.419. The molecule has 2 aliphatic rings. The summed E-state index contributed by atoms with van der Waals surface area (Å²) in [5.74, 6) is -2.71. The number of alkyl halides is 2. The zero-order valence-electron chi connectivity index (χ0n) is 15.6. The summed E-state index contributed by atoms with van der Waals surface area (Å²) in [5, 5.41) is 0. The molecule has 0 spiro atoms. The van der Waals surface area contributed by atoms with E-state index in [1.807, 2.05) is 0 Å². The molecule has 2 fully saturated rings. The molecule has 2 aliphatic heterocycles. The molecule has 0 saturated carbocycles. The zero-order valence-corrected chi connectivity index (χ0v) is 17.2. The number of benzene rings is 1. The van der Waals surface area contributed by atoms with E-state index >= 15 is 0 Å². The number of hydrogen-bond donors (Lipinski definition) is 0. The van der Waals surface area contributed by atoms with Gasteiger partial charge in [0.15, 0.2) is 0 Å². The molecule has 2 saturated heterocycles. The van der Waals surface area contributed by atoms with Gasteiger partial charge in [0.1, 0.15) is 0 Å². The third kappa shape index (κ3) is 5.22. The SMILES string of the molecule is O=C(c1ccc(SC(F)F)cc1)N1CCN(S(=O)(=O)N2CCCCCC2)CC1. The first-order chi connectivity index (χ1) is 13.4. The fraction of sp³-hybridized carbons (Fsp3) is 0.611. The van der Waals surface area contributed by atoms with Crippen molar-refractivity contribution in [2.75, 3.05) is 39.3 Å². The minimum atomic E-state index is -3.48. The monoisotopic (exact) mass is 433 g/mol. The van der Waals surface area contributed by atoms with Gasteiger partial charge in [-0.15, -0.1) is 0 Å². The van der Waals surface area contributed by atoms with E-state index < -0.39 is 16.0 Å². The Balaban J connectivity index is 1.57. The molecule has 1 amide bonds. The van der Waals surface area contributed by atoms with Crippen LogP contribution in [0.2, 0.25) is 0 Å². The summed E-state index contributed by atoms with van der Waals surface area (Å²) in [6.07, 6.45) is 3.89. The lowest BCUT2D eigenvalue weighted by Gasteiger charge is -2.36. The van der Waals surface area contributed by atoms with Crippen molar-refractivity contribution < 1.29 is 22.0 Å². The van der Waals surface area contributed by atoms with E-state index in [1.54, 1.807) is 9.21 Å². The molecule has 1 aromatic carbocycles. The second kappa shape index (κ2) is 9.51. The van der Waals surface area contributed by atoms with Crippen molar-refractivity contribution in [1.29, 1.82) is 0 Å². The molecule has 0 radical (unpaired) electrons. The number of halogens is 2. The summed E-state index contributed by atoms with van der Waals surface area (Å²) in [6, 6.07) is 6.08. The van der Waals surface area contributed by atoms with Gasteiger partial charge < -0.3 is 4.90 Å². The molecular formula is C18H25F2N3O3S2. The fourth-order valence-electron chi connectivity index (χ4n) is 3.52. The van der Waals surface area contributed by atoms with Gasteiger partial charge >= 0.3 is 0 Å². The molecule has 28 heavy (non-hydrogen) atoms. The lowest BCUT2D eigenvalue weighted by atomic mass is 10.2. The fourth-order valence-corrected chi connectivity index (χ4v) is 5.69. The van der Waals surface area contributed by atoms with Gasteiger partial charge in [-0.2, -0.15) is 25.8 Å². The van der Waals surface area contributed by atoms with Crippen LogP contribution in [0.3, 0.4) is 0 Å². The zero-order chi connectivity index (χ0) is 20.1. The maximum atomic E-state index is 12.9. The summed E-state index contributed by atoms with van der Waals surface area (Å²) >= 11 is 0.436. The van der Waals surface area contributed by atoms with E-state index in [9.17, 15) is 22.0 Å². The number of carbonyl (C=O) groups is 1. The predicted molar refractivity (Wildman–Crippen MR) is 105 cm³/mol. The first kappa shape index (κ1) is 21.5. The molecule has 2 heterocycles. The maximum Gasteiger partial charge on any atom is 0.288 e. The summed E-state index contributed by atoms with van der Waals surface area (Å²) in [4.78, 5) is 14.6. The number of amides is 1. The van der Waals surface area contributed by atoms with Crippen molar-refractivity contribution in [2.24, 2.45) is 0 Å². The standard InChI is InChI=1S/C18H25F2N3O3S2/c19-18(20)27-16-7-5-15(6-8-16)17(24)21-11-13-23(14-12-21)28(25,26)22-9-3-1-2-4-10-22/h5-8,18H,1-4,9-14H2. The van der Waals surface area contributed by atoms with Crippen molar-refractivity contribution >= 4 is 27.9 Å². The Morgan fingerprint density at radius 1 is 0.857 bits per heavy atom. The van der Waals surface area contributed by atoms with Crippen molar-refractivity contribution in [3.05, 3.63) is 29.8 Å². The van der Waals surface area contributed by atoms with Gasteiger partial charge in [-0.25, -0.2) is 0 Å². The van der Waals surface area contributed by atoms with Crippen LogP contribution in [0.15, 0.2) is 29.2 Å². The molecule has 0 unspecified atom stereocenters. The largest absolute Gasteiger partial charge is 0.336 e. The van der Waals surface area contributed by atoms with E-state index in [4.69, 9.17) is 0 Å². The summed E-state index contributed by atoms with van der Waals surface area (Å²) < 4.78 is 53.5. The molecule has 0 atom stereocenters. The number of hydrogen-bond acceptors (Lipinski definition) is 4. The van der Waals surface area contributed by atoms with Gasteiger partial charge in [0.05, 0.1) is 0 Å². The highest BCUT2D eigenvalue weighted by atomic mass is 32.2. The van der Waals surface area contributed by atoms with Gasteiger partial charge in [0, 0.05) is 49.7 Å². The van der Waals surface area contributed by atoms with Crippen LogP contribution in [0, 0.1) is 0 Å². The average molecular weight is 434 g/mol. The van der Waals surface area contributed by atoms with Crippen LogP contribution in [-0.2, 0) is 10.2 Å². The molecule has 6 nitrogen and oxygen atoms in total. The van der Waals surface area contributed by atoms with Crippen LogP contribution in [-0.4, -0.2) is 72.9 Å². The van der Waals surface area contributed by atoms with E-state index in [0.29, 0.717) is 48.4 Å². The van der Waals surface area contributed by atoms with Gasteiger partial charge in [-0.1, -0.05) is 24.6 Å². The molecule has 1 aromatic rings. The van der Waals surface area contributed by atoms with Crippen LogP contribution >= 0.6 is 11.8 Å². The maximum absolute atomic E-state index is 12.9. The van der Waals surface area contributed by atoms with E-state index in [1.165, 1.54) is 28.6 Å². The third-order valence-corrected chi connectivity index (χ3v) is 7.83. The molecule has 0 bridgehead atoms. The first-order valence-electron chi connectivity index (χ1n) is 9.47. The van der Waals surface area contributed by atoms with Crippen molar-refractivity contribution in [1.82, 2.24) is 13.5 Å². The Labute approximate surface area is 169 Å². The van der Waals surface area contributed by atoms with E-state index in [0.717, 1.165) is 25.7 Å². The Kier molecular flexibility index (Phi) is 7.30. The predicted octanol–water partition coefficient (Wildman–Crippen LogP) is 2.88. The minimum Gasteiger partial charge on any atom is -0.336 e.